The minimum absolute atomic E-state index is 0.884. The molecule has 0 aromatic heterocycles. The Morgan fingerprint density at radius 1 is 1.05 bits per heavy atom. The van der Waals surface area contributed by atoms with Crippen molar-refractivity contribution in [1.82, 2.24) is 10.2 Å². The minimum Gasteiger partial charge on any atom is -0.314 e. The highest BCUT2D eigenvalue weighted by atomic mass is 15.1. The second kappa shape index (κ2) is 8.26. The van der Waals surface area contributed by atoms with E-state index >= 15 is 0 Å². The molecule has 1 saturated heterocycles. The van der Waals surface area contributed by atoms with Crippen molar-refractivity contribution >= 4 is 0 Å². The van der Waals surface area contributed by atoms with Gasteiger partial charge in [-0.15, -0.1) is 0 Å². The summed E-state index contributed by atoms with van der Waals surface area (Å²) in [6.07, 6.45) is 11.4. The molecule has 1 N–H and O–H groups in total. The molecule has 1 saturated carbocycles. The molecule has 2 aliphatic rings. The van der Waals surface area contributed by atoms with Crippen LogP contribution in [0.4, 0.5) is 0 Å². The van der Waals surface area contributed by atoms with Gasteiger partial charge in [-0.1, -0.05) is 39.5 Å². The molecule has 2 nitrogen and oxygen atoms in total. The van der Waals surface area contributed by atoms with Gasteiger partial charge in [0.25, 0.3) is 0 Å². The smallest absolute Gasteiger partial charge is 0.00683 e. The number of rotatable bonds is 10. The van der Waals surface area contributed by atoms with Crippen LogP contribution >= 0.6 is 0 Å². The van der Waals surface area contributed by atoms with Crippen LogP contribution in [-0.4, -0.2) is 37.1 Å². The maximum absolute atomic E-state index is 3.69. The van der Waals surface area contributed by atoms with Crippen LogP contribution in [0.5, 0.6) is 0 Å². The van der Waals surface area contributed by atoms with Gasteiger partial charge in [-0.05, 0) is 57.2 Å². The third kappa shape index (κ3) is 6.76. The van der Waals surface area contributed by atoms with Gasteiger partial charge in [-0.25, -0.2) is 0 Å². The first-order valence-electron chi connectivity index (χ1n) is 8.70. The van der Waals surface area contributed by atoms with Crippen LogP contribution in [0, 0.1) is 11.8 Å². The van der Waals surface area contributed by atoms with E-state index < -0.39 is 0 Å². The first-order valence-corrected chi connectivity index (χ1v) is 8.70. The summed E-state index contributed by atoms with van der Waals surface area (Å²) < 4.78 is 0. The van der Waals surface area contributed by atoms with Crippen molar-refractivity contribution in [3.63, 3.8) is 0 Å². The zero-order chi connectivity index (χ0) is 13.5. The van der Waals surface area contributed by atoms with Gasteiger partial charge in [0.15, 0.2) is 0 Å². The standard InChI is InChI=1S/C17H34N2/c1-15(2)7-5-3-4-6-11-19-12-10-16(14-19)13-18-17-8-9-17/h15-18H,3-14H2,1-2H3. The van der Waals surface area contributed by atoms with E-state index in [0.717, 1.165) is 17.9 Å². The lowest BCUT2D eigenvalue weighted by molar-refractivity contribution is 0.311. The van der Waals surface area contributed by atoms with E-state index in [4.69, 9.17) is 0 Å². The summed E-state index contributed by atoms with van der Waals surface area (Å²) >= 11 is 0. The quantitative estimate of drug-likeness (QED) is 0.607. The highest BCUT2D eigenvalue weighted by Gasteiger charge is 2.25. The molecule has 2 heteroatoms. The summed E-state index contributed by atoms with van der Waals surface area (Å²) in [6, 6.07) is 0.884. The highest BCUT2D eigenvalue weighted by Crippen LogP contribution is 2.21. The summed E-state index contributed by atoms with van der Waals surface area (Å²) in [5.74, 6) is 1.82. The lowest BCUT2D eigenvalue weighted by Crippen LogP contribution is -2.28. The van der Waals surface area contributed by atoms with Gasteiger partial charge in [0.05, 0.1) is 0 Å². The monoisotopic (exact) mass is 266 g/mol. The van der Waals surface area contributed by atoms with E-state index in [1.165, 1.54) is 77.5 Å². The van der Waals surface area contributed by atoms with Gasteiger partial charge in [-0.2, -0.15) is 0 Å². The zero-order valence-electron chi connectivity index (χ0n) is 13.2. The molecule has 0 aromatic rings. The molecular weight excluding hydrogens is 232 g/mol. The second-order valence-corrected chi connectivity index (χ2v) is 7.23. The number of likely N-dealkylation sites (tertiary alicyclic amines) is 1. The van der Waals surface area contributed by atoms with Crippen molar-refractivity contribution in [2.45, 2.75) is 71.3 Å². The average Bonchev–Trinajstić information content (AvgIpc) is 3.10. The molecule has 2 fully saturated rings. The van der Waals surface area contributed by atoms with Crippen molar-refractivity contribution in [1.29, 1.82) is 0 Å². The van der Waals surface area contributed by atoms with Crippen molar-refractivity contribution < 1.29 is 0 Å². The van der Waals surface area contributed by atoms with E-state index in [1.807, 2.05) is 0 Å². The Morgan fingerprint density at radius 3 is 2.58 bits per heavy atom. The van der Waals surface area contributed by atoms with E-state index in [0.29, 0.717) is 0 Å². The van der Waals surface area contributed by atoms with E-state index in [1.54, 1.807) is 0 Å². The number of unbranched alkanes of at least 4 members (excludes halogenated alkanes) is 3. The Labute approximate surface area is 120 Å². The Balaban J connectivity index is 1.41. The Morgan fingerprint density at radius 2 is 1.84 bits per heavy atom. The number of nitrogens with zero attached hydrogens (tertiary/aromatic N) is 1. The minimum atomic E-state index is 0.884. The maximum Gasteiger partial charge on any atom is 0.00683 e. The van der Waals surface area contributed by atoms with Gasteiger partial charge in [0, 0.05) is 12.6 Å². The van der Waals surface area contributed by atoms with Crippen molar-refractivity contribution in [2.75, 3.05) is 26.2 Å². The Kier molecular flexibility index (Phi) is 6.66. The molecule has 0 radical (unpaired) electrons. The lowest BCUT2D eigenvalue weighted by atomic mass is 10.0. The molecule has 1 unspecified atom stereocenters. The molecule has 1 aliphatic carbocycles. The largest absolute Gasteiger partial charge is 0.314 e. The van der Waals surface area contributed by atoms with E-state index in [9.17, 15) is 0 Å². The maximum atomic E-state index is 3.69. The van der Waals surface area contributed by atoms with E-state index in [2.05, 4.69) is 24.1 Å². The third-order valence-corrected chi connectivity index (χ3v) is 4.65. The topological polar surface area (TPSA) is 15.3 Å². The van der Waals surface area contributed by atoms with Crippen LogP contribution < -0.4 is 5.32 Å². The SMILES string of the molecule is CC(C)CCCCCCN1CCC(CNC2CC2)C1. The molecular formula is C17H34N2. The van der Waals surface area contributed by atoms with Gasteiger partial charge >= 0.3 is 0 Å². The Hall–Kier alpha value is -0.0800. The van der Waals surface area contributed by atoms with Crippen molar-refractivity contribution in [2.24, 2.45) is 11.8 Å². The van der Waals surface area contributed by atoms with Crippen LogP contribution in [-0.2, 0) is 0 Å². The molecule has 19 heavy (non-hydrogen) atoms. The summed E-state index contributed by atoms with van der Waals surface area (Å²) in [6.45, 7) is 9.99. The summed E-state index contributed by atoms with van der Waals surface area (Å²) in [5.41, 5.74) is 0. The number of nitrogens with one attached hydrogen (secondary N) is 1. The fraction of sp³-hybridized carbons (Fsp3) is 1.00. The Bertz CT molecular complexity index is 235. The normalized spacial score (nSPS) is 24.5. The van der Waals surface area contributed by atoms with Crippen LogP contribution in [0.15, 0.2) is 0 Å². The second-order valence-electron chi connectivity index (χ2n) is 7.23. The molecule has 1 atom stereocenters. The molecule has 2 rings (SSSR count). The van der Waals surface area contributed by atoms with Crippen molar-refractivity contribution in [3.8, 4) is 0 Å². The fourth-order valence-corrected chi connectivity index (χ4v) is 3.14. The molecule has 0 bridgehead atoms. The van der Waals surface area contributed by atoms with Gasteiger partial charge in [-0.3, -0.25) is 0 Å². The van der Waals surface area contributed by atoms with Gasteiger partial charge < -0.3 is 10.2 Å². The summed E-state index contributed by atoms with van der Waals surface area (Å²) in [7, 11) is 0. The fourth-order valence-electron chi connectivity index (χ4n) is 3.14. The highest BCUT2D eigenvalue weighted by molar-refractivity contribution is 4.84. The zero-order valence-corrected chi connectivity index (χ0v) is 13.2. The third-order valence-electron chi connectivity index (χ3n) is 4.65. The predicted molar refractivity (Wildman–Crippen MR) is 83.5 cm³/mol. The number of hydrogen-bond acceptors (Lipinski definition) is 2. The van der Waals surface area contributed by atoms with Gasteiger partial charge in [0.2, 0.25) is 0 Å². The van der Waals surface area contributed by atoms with Crippen LogP contribution in [0.25, 0.3) is 0 Å². The lowest BCUT2D eigenvalue weighted by Gasteiger charge is -2.16. The van der Waals surface area contributed by atoms with Crippen LogP contribution in [0.1, 0.15) is 65.2 Å². The average molecular weight is 266 g/mol. The molecule has 0 amide bonds. The molecule has 1 aliphatic heterocycles. The molecule has 0 aromatic carbocycles. The van der Waals surface area contributed by atoms with Gasteiger partial charge in [0.1, 0.15) is 0 Å². The van der Waals surface area contributed by atoms with Crippen LogP contribution in [0.2, 0.25) is 0 Å². The molecule has 112 valence electrons. The first kappa shape index (κ1) is 15.3. The predicted octanol–water partition coefficient (Wildman–Crippen LogP) is 3.67. The summed E-state index contributed by atoms with van der Waals surface area (Å²) in [5, 5.41) is 3.69. The number of hydrogen-bond donors (Lipinski definition) is 1. The first-order chi connectivity index (χ1) is 9.24. The van der Waals surface area contributed by atoms with E-state index in [-0.39, 0.29) is 0 Å². The molecule has 0 spiro atoms. The van der Waals surface area contributed by atoms with Crippen molar-refractivity contribution in [3.05, 3.63) is 0 Å². The van der Waals surface area contributed by atoms with Crippen LogP contribution in [0.3, 0.4) is 0 Å². The molecule has 1 heterocycles. The summed E-state index contributed by atoms with van der Waals surface area (Å²) in [4.78, 5) is 2.70.